The Hall–Kier alpha value is -5.59. The zero-order chi connectivity index (χ0) is 29.9. The van der Waals surface area contributed by atoms with E-state index in [0.29, 0.717) is 29.1 Å². The van der Waals surface area contributed by atoms with Gasteiger partial charge in [0.05, 0.1) is 23.9 Å². The summed E-state index contributed by atoms with van der Waals surface area (Å²) in [5.41, 5.74) is 3.27. The van der Waals surface area contributed by atoms with E-state index in [-0.39, 0.29) is 43.0 Å². The monoisotopic (exact) mass is 582 g/mol. The third-order valence-electron chi connectivity index (χ3n) is 7.12. The first kappa shape index (κ1) is 27.6. The lowest BCUT2D eigenvalue weighted by Crippen LogP contribution is -2.49. The molecule has 0 spiro atoms. The number of benzene rings is 3. The van der Waals surface area contributed by atoms with Crippen molar-refractivity contribution in [3.05, 3.63) is 96.0 Å². The predicted molar refractivity (Wildman–Crippen MR) is 155 cm³/mol. The van der Waals surface area contributed by atoms with Crippen LogP contribution in [0.2, 0.25) is 0 Å². The van der Waals surface area contributed by atoms with Gasteiger partial charge in [-0.1, -0.05) is 24.3 Å². The van der Waals surface area contributed by atoms with Crippen LogP contribution in [0.4, 0.5) is 15.8 Å². The van der Waals surface area contributed by atoms with Crippen molar-refractivity contribution in [2.75, 3.05) is 23.9 Å². The fourth-order valence-corrected chi connectivity index (χ4v) is 4.80. The number of likely N-dealkylation sites (N-methyl/N-ethyl adjacent to an activating group) is 1. The molecule has 1 aliphatic heterocycles. The van der Waals surface area contributed by atoms with Crippen molar-refractivity contribution in [2.45, 2.75) is 25.4 Å². The third-order valence-corrected chi connectivity index (χ3v) is 7.12. The van der Waals surface area contributed by atoms with Crippen molar-refractivity contribution in [3.8, 4) is 5.75 Å². The van der Waals surface area contributed by atoms with Gasteiger partial charge in [0.15, 0.2) is 0 Å². The highest BCUT2D eigenvalue weighted by atomic mass is 19.1. The van der Waals surface area contributed by atoms with Crippen LogP contribution < -0.4 is 20.3 Å². The number of carbonyl (C=O) groups excluding carboxylic acids is 3. The summed E-state index contributed by atoms with van der Waals surface area (Å²) >= 11 is 0. The van der Waals surface area contributed by atoms with Gasteiger partial charge in [0, 0.05) is 30.1 Å². The number of nitrogens with zero attached hydrogens (tertiary/aromatic N) is 5. The van der Waals surface area contributed by atoms with E-state index in [9.17, 15) is 18.8 Å². The number of H-pyrrole nitrogens is 1. The fraction of sp³-hybridized carbons (Fsp3) is 0.200. The largest absolute Gasteiger partial charge is 0.489 e. The number of hydrogen-bond acceptors (Lipinski definition) is 7. The Bertz CT molecular complexity index is 1830. The number of ether oxygens (including phenoxy) is 1. The van der Waals surface area contributed by atoms with E-state index < -0.39 is 11.9 Å². The summed E-state index contributed by atoms with van der Waals surface area (Å²) in [5.74, 6) is -1.27. The molecule has 2 aromatic heterocycles. The molecule has 6 rings (SSSR count). The molecular formula is C30H27FN8O4. The lowest BCUT2D eigenvalue weighted by atomic mass is 10.1. The van der Waals surface area contributed by atoms with E-state index in [1.807, 2.05) is 24.3 Å². The molecule has 5 aromatic rings. The van der Waals surface area contributed by atoms with Gasteiger partial charge in [-0.05, 0) is 48.4 Å². The van der Waals surface area contributed by atoms with Crippen LogP contribution in [0.5, 0.6) is 5.75 Å². The fourth-order valence-electron chi connectivity index (χ4n) is 4.80. The number of rotatable bonds is 8. The second-order valence-corrected chi connectivity index (χ2v) is 10.1. The van der Waals surface area contributed by atoms with Crippen LogP contribution in [0.1, 0.15) is 28.2 Å². The van der Waals surface area contributed by atoms with Gasteiger partial charge in [0.2, 0.25) is 11.7 Å². The van der Waals surface area contributed by atoms with Crippen LogP contribution in [-0.4, -0.2) is 62.4 Å². The van der Waals surface area contributed by atoms with Crippen molar-refractivity contribution in [3.63, 3.8) is 0 Å². The van der Waals surface area contributed by atoms with Crippen LogP contribution in [0.3, 0.4) is 0 Å². The van der Waals surface area contributed by atoms with Gasteiger partial charge in [-0.3, -0.25) is 19.5 Å². The number of aromatic amines is 1. The van der Waals surface area contributed by atoms with Crippen LogP contribution in [-0.2, 0) is 22.6 Å². The molecule has 0 radical (unpaired) electrons. The van der Waals surface area contributed by atoms with Crippen molar-refractivity contribution < 1.29 is 23.5 Å². The van der Waals surface area contributed by atoms with Gasteiger partial charge in [-0.15, -0.1) is 5.10 Å². The zero-order valence-electron chi connectivity index (χ0n) is 23.1. The number of carbonyl (C=O) groups is 3. The van der Waals surface area contributed by atoms with Gasteiger partial charge in [0.1, 0.15) is 30.5 Å². The predicted octanol–water partition coefficient (Wildman–Crippen LogP) is 3.07. The minimum atomic E-state index is -0.996. The maximum absolute atomic E-state index is 14.0. The second-order valence-electron chi connectivity index (χ2n) is 10.1. The van der Waals surface area contributed by atoms with Gasteiger partial charge in [0.25, 0.3) is 11.8 Å². The maximum atomic E-state index is 14.0. The molecular weight excluding hydrogens is 555 g/mol. The summed E-state index contributed by atoms with van der Waals surface area (Å²) in [6.45, 7) is 0.00166. The summed E-state index contributed by atoms with van der Waals surface area (Å²) in [4.78, 5) is 44.2. The Morgan fingerprint density at radius 3 is 2.86 bits per heavy atom. The van der Waals surface area contributed by atoms with Crippen molar-refractivity contribution in [1.82, 2.24) is 30.3 Å². The highest BCUT2D eigenvalue weighted by molar-refractivity contribution is 6.02. The summed E-state index contributed by atoms with van der Waals surface area (Å²) in [5, 5.41) is 17.5. The molecule has 0 fully saturated rings. The third kappa shape index (κ3) is 6.05. The van der Waals surface area contributed by atoms with Crippen LogP contribution in [0.25, 0.3) is 10.9 Å². The number of fused-ring (bicyclic) bond motifs is 2. The molecule has 0 saturated heterocycles. The Labute approximate surface area is 244 Å². The molecule has 3 heterocycles. The summed E-state index contributed by atoms with van der Waals surface area (Å²) in [7, 11) is 1.60. The molecule has 12 nitrogen and oxygen atoms in total. The molecule has 3 amide bonds. The normalized spacial score (nSPS) is 14.6. The van der Waals surface area contributed by atoms with E-state index in [4.69, 9.17) is 4.74 Å². The minimum Gasteiger partial charge on any atom is -0.489 e. The van der Waals surface area contributed by atoms with Crippen molar-refractivity contribution in [2.24, 2.45) is 0 Å². The lowest BCUT2D eigenvalue weighted by Gasteiger charge is -2.20. The summed E-state index contributed by atoms with van der Waals surface area (Å²) < 4.78 is 21.2. The molecule has 218 valence electrons. The van der Waals surface area contributed by atoms with Crippen LogP contribution in [0.15, 0.2) is 73.2 Å². The lowest BCUT2D eigenvalue weighted by molar-refractivity contribution is -0.120. The molecule has 1 aliphatic rings. The molecule has 3 N–H and O–H groups in total. The standard InChI is InChI=1S/C30H27FN8O4/c1-38-25-12-18(7-11-27(40)34-21-9-8-19-14-33-36-23(19)13-21)6-10-26(25)43-16-24(30(38)42)35-29(41)28-32-17-39(37-28)15-20-4-2-3-5-22(20)31/h2-6,8-10,12-14,17,24H,7,11,15-16H2,1H3,(H,33,36)(H,34,40)(H,35,41)/t24-/m0/s1. The molecule has 13 heteroatoms. The number of halogens is 1. The SMILES string of the molecule is CN1C(=O)[C@@H](NC(=O)c2ncn(Cc3ccccc3F)n2)COc2ccc(CCC(=O)Nc3ccc4cn[nH]c4c3)cc21. The number of amides is 3. The zero-order valence-corrected chi connectivity index (χ0v) is 23.1. The highest BCUT2D eigenvalue weighted by Gasteiger charge is 2.31. The van der Waals surface area contributed by atoms with Gasteiger partial charge >= 0.3 is 0 Å². The number of aryl methyl sites for hydroxylation is 1. The number of hydrogen-bond donors (Lipinski definition) is 3. The molecule has 1 atom stereocenters. The van der Waals surface area contributed by atoms with Gasteiger partial charge in [-0.2, -0.15) is 5.10 Å². The first-order valence-corrected chi connectivity index (χ1v) is 13.5. The van der Waals surface area contributed by atoms with E-state index in [1.54, 1.807) is 43.6 Å². The maximum Gasteiger partial charge on any atom is 0.291 e. The number of anilines is 2. The molecule has 0 unspecified atom stereocenters. The van der Waals surface area contributed by atoms with E-state index >= 15 is 0 Å². The van der Waals surface area contributed by atoms with E-state index in [2.05, 4.69) is 30.9 Å². The average molecular weight is 583 g/mol. The van der Waals surface area contributed by atoms with E-state index in [1.165, 1.54) is 22.0 Å². The van der Waals surface area contributed by atoms with Crippen molar-refractivity contribution in [1.29, 1.82) is 0 Å². The Balaban J connectivity index is 1.06. The van der Waals surface area contributed by atoms with Gasteiger partial charge in [-0.25, -0.2) is 14.1 Å². The summed E-state index contributed by atoms with van der Waals surface area (Å²) in [6.07, 6.45) is 3.71. The minimum absolute atomic E-state index is 0.0969. The molecule has 0 saturated carbocycles. The van der Waals surface area contributed by atoms with Gasteiger partial charge < -0.3 is 20.3 Å². The second kappa shape index (κ2) is 11.7. The first-order valence-electron chi connectivity index (χ1n) is 13.5. The highest BCUT2D eigenvalue weighted by Crippen LogP contribution is 2.32. The Kier molecular flexibility index (Phi) is 7.52. The topological polar surface area (TPSA) is 147 Å². The number of aromatic nitrogens is 5. The molecule has 43 heavy (non-hydrogen) atoms. The first-order chi connectivity index (χ1) is 20.8. The quantitative estimate of drug-likeness (QED) is 0.255. The smallest absolute Gasteiger partial charge is 0.291 e. The Morgan fingerprint density at radius 1 is 1.14 bits per heavy atom. The van der Waals surface area contributed by atoms with Crippen LogP contribution in [0, 0.1) is 5.82 Å². The number of nitrogens with one attached hydrogen (secondary N) is 3. The molecule has 0 aliphatic carbocycles. The Morgan fingerprint density at radius 2 is 2.00 bits per heavy atom. The molecule has 0 bridgehead atoms. The van der Waals surface area contributed by atoms with E-state index in [0.717, 1.165) is 16.5 Å². The van der Waals surface area contributed by atoms with Crippen molar-refractivity contribution >= 4 is 40.0 Å². The van der Waals surface area contributed by atoms with Crippen LogP contribution >= 0.6 is 0 Å². The molecule has 3 aromatic carbocycles. The average Bonchev–Trinajstić information content (AvgIpc) is 3.66. The summed E-state index contributed by atoms with van der Waals surface area (Å²) in [6, 6.07) is 16.2.